The maximum atomic E-state index is 13.6. The fourth-order valence-electron chi connectivity index (χ4n) is 4.45. The zero-order valence-corrected chi connectivity index (χ0v) is 22.8. The minimum absolute atomic E-state index is 0.0453. The van der Waals surface area contributed by atoms with Crippen LogP contribution in [0.4, 0.5) is 4.39 Å². The molecule has 0 saturated heterocycles. The zero-order valence-electron chi connectivity index (χ0n) is 22.8. The average Bonchev–Trinajstić information content (AvgIpc) is 2.88. The monoisotopic (exact) mass is 504 g/mol. The van der Waals surface area contributed by atoms with Crippen molar-refractivity contribution >= 4 is 5.91 Å². The molecule has 0 aliphatic heterocycles. The third-order valence-electron chi connectivity index (χ3n) is 6.70. The van der Waals surface area contributed by atoms with E-state index in [0.717, 1.165) is 18.9 Å². The molecule has 1 rings (SSSR count). The summed E-state index contributed by atoms with van der Waals surface area (Å²) in [4.78, 5) is 14.2. The highest BCUT2D eigenvalue weighted by Crippen LogP contribution is 2.15. The molecule has 0 heterocycles. The van der Waals surface area contributed by atoms with Crippen LogP contribution in [0.15, 0.2) is 18.2 Å². The molecule has 1 N–H and O–H groups in total. The fourth-order valence-corrected chi connectivity index (χ4v) is 4.45. The van der Waals surface area contributed by atoms with Crippen LogP contribution in [-0.2, 0) is 16.1 Å². The Labute approximate surface area is 219 Å². The van der Waals surface area contributed by atoms with Crippen molar-refractivity contribution in [3.63, 3.8) is 0 Å². The third kappa shape index (κ3) is 15.2. The van der Waals surface area contributed by atoms with Crippen LogP contribution in [0.5, 0.6) is 0 Å². The summed E-state index contributed by atoms with van der Waals surface area (Å²) in [6, 6.07) is 5.82. The summed E-state index contributed by atoms with van der Waals surface area (Å²) >= 11 is 0. The summed E-state index contributed by atoms with van der Waals surface area (Å²) in [5.41, 5.74) is 0.652. The van der Waals surface area contributed by atoms with Crippen molar-refractivity contribution in [2.45, 2.75) is 122 Å². The SMILES string of the molecule is CCCCCCCCCCCCCCCCCCN(C)C(=O)[C@H](CO)OCc1cc(F)cc(C#N)c1. The van der Waals surface area contributed by atoms with Crippen molar-refractivity contribution in [1.29, 1.82) is 5.26 Å². The zero-order chi connectivity index (χ0) is 26.4. The van der Waals surface area contributed by atoms with Crippen molar-refractivity contribution in [3.8, 4) is 6.07 Å². The van der Waals surface area contributed by atoms with E-state index in [-0.39, 0.29) is 18.1 Å². The predicted molar refractivity (Wildman–Crippen MR) is 144 cm³/mol. The number of halogens is 1. The van der Waals surface area contributed by atoms with Crippen LogP contribution >= 0.6 is 0 Å². The van der Waals surface area contributed by atoms with E-state index in [1.807, 2.05) is 6.07 Å². The molecule has 1 aromatic rings. The lowest BCUT2D eigenvalue weighted by atomic mass is 10.0. The summed E-state index contributed by atoms with van der Waals surface area (Å²) in [5, 5.41) is 18.5. The Hall–Kier alpha value is -1.97. The number of hydrogen-bond acceptors (Lipinski definition) is 4. The smallest absolute Gasteiger partial charge is 0.253 e. The molecule has 1 atom stereocenters. The van der Waals surface area contributed by atoms with Gasteiger partial charge in [0.05, 0.1) is 24.8 Å². The number of ether oxygens (including phenoxy) is 1. The normalized spacial score (nSPS) is 11.9. The van der Waals surface area contributed by atoms with Crippen molar-refractivity contribution < 1.29 is 19.0 Å². The summed E-state index contributed by atoms with van der Waals surface area (Å²) < 4.78 is 19.1. The lowest BCUT2D eigenvalue weighted by molar-refractivity contribution is -0.146. The Morgan fingerprint density at radius 1 is 0.917 bits per heavy atom. The molecular formula is C30H49FN2O3. The Morgan fingerprint density at radius 2 is 1.42 bits per heavy atom. The first-order chi connectivity index (χ1) is 17.5. The van der Waals surface area contributed by atoms with E-state index >= 15 is 0 Å². The topological polar surface area (TPSA) is 73.6 Å². The van der Waals surface area contributed by atoms with E-state index in [2.05, 4.69) is 6.92 Å². The second kappa shape index (κ2) is 21.1. The van der Waals surface area contributed by atoms with Gasteiger partial charge < -0.3 is 14.7 Å². The Kier molecular flexibility index (Phi) is 18.8. The molecule has 0 bridgehead atoms. The van der Waals surface area contributed by atoms with Gasteiger partial charge in [-0.3, -0.25) is 4.79 Å². The number of aliphatic hydroxyl groups excluding tert-OH is 1. The molecular weight excluding hydrogens is 455 g/mol. The van der Waals surface area contributed by atoms with E-state index in [1.165, 1.54) is 102 Å². The molecule has 0 spiro atoms. The lowest BCUT2D eigenvalue weighted by Gasteiger charge is -2.23. The van der Waals surface area contributed by atoms with E-state index < -0.39 is 18.5 Å². The van der Waals surface area contributed by atoms with Crippen LogP contribution in [0.3, 0.4) is 0 Å². The van der Waals surface area contributed by atoms with E-state index in [1.54, 1.807) is 11.9 Å². The Bertz CT molecular complexity index is 750. The molecule has 0 saturated carbocycles. The second-order valence-electron chi connectivity index (χ2n) is 10.0. The van der Waals surface area contributed by atoms with Gasteiger partial charge in [-0.05, 0) is 30.2 Å². The van der Waals surface area contributed by atoms with Crippen molar-refractivity contribution in [2.24, 2.45) is 0 Å². The largest absolute Gasteiger partial charge is 0.393 e. The number of unbranched alkanes of at least 4 members (excludes halogenated alkanes) is 15. The molecule has 0 unspecified atom stereocenters. The average molecular weight is 505 g/mol. The van der Waals surface area contributed by atoms with Gasteiger partial charge in [0.1, 0.15) is 5.82 Å². The van der Waals surface area contributed by atoms with Gasteiger partial charge in [-0.2, -0.15) is 5.26 Å². The number of carbonyl (C=O) groups is 1. The Morgan fingerprint density at radius 3 is 1.89 bits per heavy atom. The lowest BCUT2D eigenvalue weighted by Crippen LogP contribution is -2.40. The quantitative estimate of drug-likeness (QED) is 0.168. The maximum absolute atomic E-state index is 13.6. The second-order valence-corrected chi connectivity index (χ2v) is 10.0. The first kappa shape index (κ1) is 32.1. The number of nitriles is 1. The first-order valence-electron chi connectivity index (χ1n) is 14.2. The first-order valence-corrected chi connectivity index (χ1v) is 14.2. The summed E-state index contributed by atoms with van der Waals surface area (Å²) in [5.74, 6) is -0.810. The van der Waals surface area contributed by atoms with Crippen LogP contribution in [0.25, 0.3) is 0 Å². The Balaban J connectivity index is 2.06. The number of nitrogens with zero attached hydrogens (tertiary/aromatic N) is 2. The molecule has 36 heavy (non-hydrogen) atoms. The molecule has 0 aromatic heterocycles. The maximum Gasteiger partial charge on any atom is 0.253 e. The highest BCUT2D eigenvalue weighted by molar-refractivity contribution is 5.80. The minimum Gasteiger partial charge on any atom is -0.393 e. The molecule has 0 fully saturated rings. The third-order valence-corrected chi connectivity index (χ3v) is 6.70. The van der Waals surface area contributed by atoms with Gasteiger partial charge in [0, 0.05) is 13.6 Å². The van der Waals surface area contributed by atoms with Crippen molar-refractivity contribution in [1.82, 2.24) is 4.90 Å². The van der Waals surface area contributed by atoms with Gasteiger partial charge in [0.15, 0.2) is 6.10 Å². The molecule has 0 aliphatic carbocycles. The van der Waals surface area contributed by atoms with Gasteiger partial charge in [0.25, 0.3) is 5.91 Å². The summed E-state index contributed by atoms with van der Waals surface area (Å²) in [6.07, 6.45) is 19.9. The van der Waals surface area contributed by atoms with Crippen LogP contribution in [0.1, 0.15) is 121 Å². The van der Waals surface area contributed by atoms with E-state index in [4.69, 9.17) is 10.00 Å². The highest BCUT2D eigenvalue weighted by Gasteiger charge is 2.22. The summed E-state index contributed by atoms with van der Waals surface area (Å²) in [6.45, 7) is 2.40. The van der Waals surface area contributed by atoms with Gasteiger partial charge >= 0.3 is 0 Å². The van der Waals surface area contributed by atoms with Crippen molar-refractivity contribution in [3.05, 3.63) is 35.1 Å². The molecule has 0 radical (unpaired) electrons. The number of aliphatic hydroxyl groups is 1. The number of benzene rings is 1. The van der Waals surface area contributed by atoms with E-state index in [9.17, 15) is 14.3 Å². The number of amides is 1. The van der Waals surface area contributed by atoms with Crippen molar-refractivity contribution in [2.75, 3.05) is 20.2 Å². The molecule has 6 heteroatoms. The van der Waals surface area contributed by atoms with Gasteiger partial charge in [0.2, 0.25) is 0 Å². The number of carbonyl (C=O) groups excluding carboxylic acids is 1. The van der Waals surface area contributed by atoms with Gasteiger partial charge in [-0.1, -0.05) is 103 Å². The molecule has 204 valence electrons. The minimum atomic E-state index is -0.995. The predicted octanol–water partition coefficient (Wildman–Crippen LogP) is 7.29. The van der Waals surface area contributed by atoms with Crippen LogP contribution < -0.4 is 0 Å². The fraction of sp³-hybridized carbons (Fsp3) is 0.733. The van der Waals surface area contributed by atoms with Crippen LogP contribution in [0, 0.1) is 17.1 Å². The van der Waals surface area contributed by atoms with Gasteiger partial charge in [-0.25, -0.2) is 4.39 Å². The number of hydrogen-bond donors (Lipinski definition) is 1. The molecule has 5 nitrogen and oxygen atoms in total. The summed E-state index contributed by atoms with van der Waals surface area (Å²) in [7, 11) is 1.72. The number of rotatable bonds is 22. The molecule has 1 amide bonds. The van der Waals surface area contributed by atoms with Crippen LogP contribution in [-0.4, -0.2) is 42.2 Å². The number of likely N-dealkylation sites (N-methyl/N-ethyl adjacent to an activating group) is 1. The molecule has 0 aliphatic rings. The van der Waals surface area contributed by atoms with Gasteiger partial charge in [-0.15, -0.1) is 0 Å². The standard InChI is InChI=1S/C30H49FN2O3/c1-3-4-5-6-7-8-9-10-11-12-13-14-15-16-17-18-19-33(2)30(35)29(24-34)36-25-27-20-26(23-32)21-28(31)22-27/h20-22,29,34H,3-19,24-25H2,1-2H3/t29-/m0/s1. The molecule has 1 aromatic carbocycles. The highest BCUT2D eigenvalue weighted by atomic mass is 19.1. The van der Waals surface area contributed by atoms with E-state index in [0.29, 0.717) is 12.1 Å². The van der Waals surface area contributed by atoms with Crippen LogP contribution in [0.2, 0.25) is 0 Å².